The number of guanidine groups is 1. The van der Waals surface area contributed by atoms with Gasteiger partial charge in [0.05, 0.1) is 6.54 Å². The third-order valence-electron chi connectivity index (χ3n) is 4.47. The molecule has 0 saturated carbocycles. The van der Waals surface area contributed by atoms with Crippen LogP contribution in [0.1, 0.15) is 19.8 Å². The van der Waals surface area contributed by atoms with E-state index in [1.165, 1.54) is 0 Å². The van der Waals surface area contributed by atoms with E-state index < -0.39 is 0 Å². The molecule has 1 saturated heterocycles. The summed E-state index contributed by atoms with van der Waals surface area (Å²) in [6, 6.07) is 7.91. The number of nitrogens with zero attached hydrogens (tertiary/aromatic N) is 2. The van der Waals surface area contributed by atoms with Crippen LogP contribution in [0, 0.1) is 0 Å². The zero-order valence-corrected chi connectivity index (χ0v) is 14.8. The minimum Gasteiger partial charge on any atom is -0.486 e. The average molecular weight is 346 g/mol. The molecule has 25 heavy (non-hydrogen) atoms. The first-order valence-electron chi connectivity index (χ1n) is 8.83. The van der Waals surface area contributed by atoms with Crippen LogP contribution in [0.2, 0.25) is 0 Å². The number of nitrogens with one attached hydrogen (secondary N) is 2. The van der Waals surface area contributed by atoms with Gasteiger partial charge >= 0.3 is 0 Å². The Morgan fingerprint density at radius 3 is 2.92 bits per heavy atom. The molecule has 3 rings (SSSR count). The van der Waals surface area contributed by atoms with E-state index in [0.717, 1.165) is 37.0 Å². The Balaban J connectivity index is 1.45. The lowest BCUT2D eigenvalue weighted by molar-refractivity contribution is -0.129. The van der Waals surface area contributed by atoms with E-state index in [-0.39, 0.29) is 18.1 Å². The van der Waals surface area contributed by atoms with Crippen molar-refractivity contribution >= 4 is 11.9 Å². The van der Waals surface area contributed by atoms with E-state index in [2.05, 4.69) is 15.6 Å². The lowest BCUT2D eigenvalue weighted by Crippen LogP contribution is -2.49. The van der Waals surface area contributed by atoms with E-state index in [9.17, 15) is 4.79 Å². The monoisotopic (exact) mass is 346 g/mol. The quantitative estimate of drug-likeness (QED) is 0.628. The largest absolute Gasteiger partial charge is 0.486 e. The standard InChI is InChI=1S/C18H26N4O3/c1-3-17(23)22-9-8-13(11-22)21-18(19-2)20-10-14-12-24-15-6-4-5-7-16(15)25-14/h4-7,13-14H,3,8-12H2,1-2H3,(H2,19,20,21). The predicted molar refractivity (Wildman–Crippen MR) is 96.1 cm³/mol. The van der Waals surface area contributed by atoms with Crippen LogP contribution >= 0.6 is 0 Å². The van der Waals surface area contributed by atoms with Crippen molar-refractivity contribution in [2.45, 2.75) is 31.9 Å². The van der Waals surface area contributed by atoms with Crippen molar-refractivity contribution in [3.8, 4) is 11.5 Å². The smallest absolute Gasteiger partial charge is 0.222 e. The molecule has 136 valence electrons. The maximum absolute atomic E-state index is 11.8. The summed E-state index contributed by atoms with van der Waals surface area (Å²) in [6.07, 6.45) is 1.42. The van der Waals surface area contributed by atoms with Crippen LogP contribution in [0.5, 0.6) is 11.5 Å². The van der Waals surface area contributed by atoms with Gasteiger partial charge in [0, 0.05) is 32.6 Å². The van der Waals surface area contributed by atoms with Crippen molar-refractivity contribution < 1.29 is 14.3 Å². The number of amides is 1. The lowest BCUT2D eigenvalue weighted by Gasteiger charge is -2.27. The molecular formula is C18H26N4O3. The molecule has 2 atom stereocenters. The van der Waals surface area contributed by atoms with Crippen LogP contribution in [0.25, 0.3) is 0 Å². The van der Waals surface area contributed by atoms with Crippen molar-refractivity contribution in [2.75, 3.05) is 33.3 Å². The Labute approximate surface area is 148 Å². The SMILES string of the molecule is CCC(=O)N1CCC(NC(=NC)NCC2COc3ccccc3O2)C1. The Hall–Kier alpha value is -2.44. The van der Waals surface area contributed by atoms with Crippen LogP contribution in [0.4, 0.5) is 0 Å². The second-order valence-corrected chi connectivity index (χ2v) is 6.27. The molecule has 0 aliphatic carbocycles. The summed E-state index contributed by atoms with van der Waals surface area (Å²) in [6.45, 7) is 4.52. The number of carbonyl (C=O) groups is 1. The number of aliphatic imine (C=N–C) groups is 1. The number of carbonyl (C=O) groups excluding carboxylic acids is 1. The molecule has 1 aromatic carbocycles. The second-order valence-electron chi connectivity index (χ2n) is 6.27. The molecule has 2 aliphatic heterocycles. The molecule has 1 fully saturated rings. The number of para-hydroxylation sites is 2. The Kier molecular flexibility index (Phi) is 5.63. The average Bonchev–Trinajstić information content (AvgIpc) is 3.12. The van der Waals surface area contributed by atoms with Crippen LogP contribution < -0.4 is 20.1 Å². The Morgan fingerprint density at radius 1 is 1.36 bits per heavy atom. The lowest BCUT2D eigenvalue weighted by atomic mass is 10.2. The maximum Gasteiger partial charge on any atom is 0.222 e. The van der Waals surface area contributed by atoms with Gasteiger partial charge in [-0.1, -0.05) is 19.1 Å². The highest BCUT2D eigenvalue weighted by Gasteiger charge is 2.26. The minimum atomic E-state index is -0.0739. The molecule has 7 nitrogen and oxygen atoms in total. The van der Waals surface area contributed by atoms with Crippen LogP contribution in [-0.2, 0) is 4.79 Å². The molecule has 0 spiro atoms. The third-order valence-corrected chi connectivity index (χ3v) is 4.47. The van der Waals surface area contributed by atoms with E-state index in [1.54, 1.807) is 7.05 Å². The molecule has 0 aromatic heterocycles. The number of hydrogen-bond donors (Lipinski definition) is 2. The molecule has 2 unspecified atom stereocenters. The van der Waals surface area contributed by atoms with Crippen molar-refractivity contribution in [1.29, 1.82) is 0 Å². The maximum atomic E-state index is 11.8. The number of fused-ring (bicyclic) bond motifs is 1. The first-order valence-corrected chi connectivity index (χ1v) is 8.83. The molecule has 2 N–H and O–H groups in total. The number of rotatable bonds is 4. The molecule has 2 aliphatic rings. The van der Waals surface area contributed by atoms with Crippen molar-refractivity contribution in [3.63, 3.8) is 0 Å². The first-order chi connectivity index (χ1) is 12.2. The summed E-state index contributed by atoms with van der Waals surface area (Å²) < 4.78 is 11.7. The number of benzene rings is 1. The van der Waals surface area contributed by atoms with E-state index >= 15 is 0 Å². The van der Waals surface area contributed by atoms with Crippen LogP contribution in [0.3, 0.4) is 0 Å². The number of likely N-dealkylation sites (tertiary alicyclic amines) is 1. The summed E-state index contributed by atoms with van der Waals surface area (Å²) >= 11 is 0. The topological polar surface area (TPSA) is 75.2 Å². The fraction of sp³-hybridized carbons (Fsp3) is 0.556. The predicted octanol–water partition coefficient (Wildman–Crippen LogP) is 1.00. The minimum absolute atomic E-state index is 0.0739. The molecule has 1 aromatic rings. The van der Waals surface area contributed by atoms with Gasteiger partial charge in [0.1, 0.15) is 12.7 Å². The zero-order valence-electron chi connectivity index (χ0n) is 14.8. The van der Waals surface area contributed by atoms with Gasteiger partial charge in [-0.15, -0.1) is 0 Å². The second kappa shape index (κ2) is 8.09. The normalized spacial score (nSPS) is 22.6. The van der Waals surface area contributed by atoms with Crippen LogP contribution in [0.15, 0.2) is 29.3 Å². The summed E-state index contributed by atoms with van der Waals surface area (Å²) in [7, 11) is 1.74. The summed E-state index contributed by atoms with van der Waals surface area (Å²) in [5, 5.41) is 6.67. The summed E-state index contributed by atoms with van der Waals surface area (Å²) in [5.74, 6) is 2.48. The van der Waals surface area contributed by atoms with Gasteiger partial charge in [0.2, 0.25) is 5.91 Å². The summed E-state index contributed by atoms with van der Waals surface area (Å²) in [5.41, 5.74) is 0. The molecule has 7 heteroatoms. The van der Waals surface area contributed by atoms with E-state index in [4.69, 9.17) is 9.47 Å². The highest BCUT2D eigenvalue weighted by Crippen LogP contribution is 2.30. The van der Waals surface area contributed by atoms with E-state index in [1.807, 2.05) is 36.1 Å². The molecule has 0 bridgehead atoms. The molecular weight excluding hydrogens is 320 g/mol. The first kappa shape index (κ1) is 17.4. The van der Waals surface area contributed by atoms with Gasteiger partial charge in [-0.05, 0) is 18.6 Å². The van der Waals surface area contributed by atoms with Crippen molar-refractivity contribution in [3.05, 3.63) is 24.3 Å². The fourth-order valence-electron chi connectivity index (χ4n) is 3.09. The van der Waals surface area contributed by atoms with Gasteiger partial charge in [-0.25, -0.2) is 0 Å². The summed E-state index contributed by atoms with van der Waals surface area (Å²) in [4.78, 5) is 17.9. The number of ether oxygens (including phenoxy) is 2. The van der Waals surface area contributed by atoms with Gasteiger partial charge in [0.25, 0.3) is 0 Å². The van der Waals surface area contributed by atoms with Crippen molar-refractivity contribution in [2.24, 2.45) is 4.99 Å². The van der Waals surface area contributed by atoms with Crippen LogP contribution in [-0.4, -0.2) is 62.2 Å². The Bertz CT molecular complexity index is 635. The molecule has 2 heterocycles. The zero-order chi connectivity index (χ0) is 17.6. The highest BCUT2D eigenvalue weighted by molar-refractivity contribution is 5.80. The van der Waals surface area contributed by atoms with E-state index in [0.29, 0.717) is 19.6 Å². The van der Waals surface area contributed by atoms with Gasteiger partial charge in [-0.3, -0.25) is 9.79 Å². The highest BCUT2D eigenvalue weighted by atomic mass is 16.6. The Morgan fingerprint density at radius 2 is 2.16 bits per heavy atom. The number of hydrogen-bond acceptors (Lipinski definition) is 4. The van der Waals surface area contributed by atoms with Gasteiger partial charge in [0.15, 0.2) is 17.5 Å². The van der Waals surface area contributed by atoms with Gasteiger partial charge in [-0.2, -0.15) is 0 Å². The fourth-order valence-corrected chi connectivity index (χ4v) is 3.09. The van der Waals surface area contributed by atoms with Gasteiger partial charge < -0.3 is 25.0 Å². The third kappa shape index (κ3) is 4.35. The molecule has 0 radical (unpaired) electrons. The van der Waals surface area contributed by atoms with Crippen molar-refractivity contribution in [1.82, 2.24) is 15.5 Å². The molecule has 1 amide bonds.